The molecule has 1 unspecified atom stereocenters. The number of hydrogen-bond donors (Lipinski definition) is 1. The van der Waals surface area contributed by atoms with E-state index in [4.69, 9.17) is 4.98 Å². The zero-order valence-electron chi connectivity index (χ0n) is 17.6. The number of hydrogen-bond acceptors (Lipinski definition) is 5. The summed E-state index contributed by atoms with van der Waals surface area (Å²) >= 11 is 1.78. The van der Waals surface area contributed by atoms with Crippen LogP contribution < -0.4 is 4.90 Å². The number of aliphatic hydroxyl groups is 1. The van der Waals surface area contributed by atoms with Gasteiger partial charge in [-0.3, -0.25) is 0 Å². The fourth-order valence-electron chi connectivity index (χ4n) is 3.83. The SMILES string of the molecule is CCC(O)Cc1ccc(-c2cc3ccsc3c(N3CCN(CC)CC3)n2)cc1.Cl.Cl. The van der Waals surface area contributed by atoms with Crippen LogP contribution >= 0.6 is 36.2 Å². The number of piperazine rings is 1. The molecule has 164 valence electrons. The zero-order chi connectivity index (χ0) is 19.5. The minimum absolute atomic E-state index is 0. The highest BCUT2D eigenvalue weighted by Crippen LogP contribution is 2.34. The first-order valence-electron chi connectivity index (χ1n) is 10.3. The smallest absolute Gasteiger partial charge is 0.147 e. The van der Waals surface area contributed by atoms with Gasteiger partial charge in [0.15, 0.2) is 0 Å². The van der Waals surface area contributed by atoms with E-state index in [2.05, 4.69) is 58.5 Å². The molecular weight excluding hydrogens is 437 g/mol. The van der Waals surface area contributed by atoms with Crippen LogP contribution in [0.5, 0.6) is 0 Å². The monoisotopic (exact) mass is 467 g/mol. The summed E-state index contributed by atoms with van der Waals surface area (Å²) in [5.74, 6) is 1.13. The second kappa shape index (κ2) is 11.3. The topological polar surface area (TPSA) is 39.6 Å². The first-order chi connectivity index (χ1) is 13.7. The Labute approximate surface area is 195 Å². The molecule has 3 heterocycles. The van der Waals surface area contributed by atoms with E-state index in [0.29, 0.717) is 6.42 Å². The van der Waals surface area contributed by atoms with E-state index in [1.165, 1.54) is 15.6 Å². The number of pyridine rings is 1. The van der Waals surface area contributed by atoms with E-state index in [-0.39, 0.29) is 30.9 Å². The summed E-state index contributed by atoms with van der Waals surface area (Å²) in [6, 6.07) is 12.9. The van der Waals surface area contributed by atoms with Gasteiger partial charge in [-0.05, 0) is 47.8 Å². The number of thiophene rings is 1. The minimum atomic E-state index is -0.264. The standard InChI is InChI=1S/C23H29N3OS.2ClH/c1-3-20(27)15-17-5-7-18(8-6-17)21-16-19-9-14-28-22(19)23(24-21)26-12-10-25(4-2)11-13-26;;/h5-9,14,16,20,27H,3-4,10-13,15H2,1-2H3;2*1H. The second-order valence-corrected chi connectivity index (χ2v) is 8.47. The third-order valence-corrected chi connectivity index (χ3v) is 6.65. The van der Waals surface area contributed by atoms with Crippen molar-refractivity contribution in [2.75, 3.05) is 37.6 Å². The molecule has 1 N–H and O–H groups in total. The summed E-state index contributed by atoms with van der Waals surface area (Å²) < 4.78 is 1.29. The van der Waals surface area contributed by atoms with E-state index < -0.39 is 0 Å². The molecule has 1 aliphatic rings. The number of benzene rings is 1. The van der Waals surface area contributed by atoms with Gasteiger partial charge >= 0.3 is 0 Å². The molecule has 4 nitrogen and oxygen atoms in total. The number of rotatable bonds is 6. The summed E-state index contributed by atoms with van der Waals surface area (Å²) in [5.41, 5.74) is 3.34. The van der Waals surface area contributed by atoms with E-state index >= 15 is 0 Å². The number of aliphatic hydroxyl groups excluding tert-OH is 1. The molecule has 0 aliphatic carbocycles. The average Bonchev–Trinajstić information content (AvgIpc) is 3.22. The van der Waals surface area contributed by atoms with E-state index in [1.807, 2.05) is 6.92 Å². The molecule has 1 atom stereocenters. The van der Waals surface area contributed by atoms with Gasteiger partial charge < -0.3 is 14.9 Å². The van der Waals surface area contributed by atoms with Crippen molar-refractivity contribution in [3.8, 4) is 11.3 Å². The summed E-state index contributed by atoms with van der Waals surface area (Å²) in [6.07, 6.45) is 1.23. The maximum absolute atomic E-state index is 9.89. The number of nitrogens with zero attached hydrogens (tertiary/aromatic N) is 3. The maximum atomic E-state index is 9.89. The Kier molecular flexibility index (Phi) is 9.38. The molecule has 1 saturated heterocycles. The Hall–Kier alpha value is -1.37. The van der Waals surface area contributed by atoms with Crippen molar-refractivity contribution < 1.29 is 5.11 Å². The Morgan fingerprint density at radius 3 is 2.37 bits per heavy atom. The fourth-order valence-corrected chi connectivity index (χ4v) is 4.72. The molecule has 0 saturated carbocycles. The summed E-state index contributed by atoms with van der Waals surface area (Å²) in [6.45, 7) is 9.63. The lowest BCUT2D eigenvalue weighted by Gasteiger charge is -2.35. The highest BCUT2D eigenvalue weighted by Gasteiger charge is 2.20. The number of likely N-dealkylation sites (N-methyl/N-ethyl adjacent to an activating group) is 1. The highest BCUT2D eigenvalue weighted by atomic mass is 35.5. The minimum Gasteiger partial charge on any atom is -0.393 e. The lowest BCUT2D eigenvalue weighted by Crippen LogP contribution is -2.46. The van der Waals surface area contributed by atoms with E-state index in [1.54, 1.807) is 11.3 Å². The van der Waals surface area contributed by atoms with Crippen LogP contribution in [-0.4, -0.2) is 53.8 Å². The molecule has 1 fully saturated rings. The largest absolute Gasteiger partial charge is 0.393 e. The predicted molar refractivity (Wildman–Crippen MR) is 134 cm³/mol. The molecule has 2 aromatic heterocycles. The first-order valence-corrected chi connectivity index (χ1v) is 11.2. The Morgan fingerprint density at radius 1 is 1.03 bits per heavy atom. The van der Waals surface area contributed by atoms with E-state index in [9.17, 15) is 5.11 Å². The number of fused-ring (bicyclic) bond motifs is 1. The molecule has 0 bridgehead atoms. The molecule has 0 radical (unpaired) electrons. The van der Waals surface area contributed by atoms with Gasteiger partial charge in [-0.25, -0.2) is 4.98 Å². The molecule has 3 aromatic rings. The van der Waals surface area contributed by atoms with Gasteiger partial charge in [0.05, 0.1) is 16.5 Å². The molecule has 7 heteroatoms. The third-order valence-electron chi connectivity index (χ3n) is 5.73. The van der Waals surface area contributed by atoms with Crippen molar-refractivity contribution in [1.29, 1.82) is 0 Å². The lowest BCUT2D eigenvalue weighted by molar-refractivity contribution is 0.171. The average molecular weight is 468 g/mol. The molecule has 0 amide bonds. The van der Waals surface area contributed by atoms with Crippen LogP contribution in [0.3, 0.4) is 0 Å². The van der Waals surface area contributed by atoms with Crippen molar-refractivity contribution in [1.82, 2.24) is 9.88 Å². The summed E-state index contributed by atoms with van der Waals surface area (Å²) in [5, 5.41) is 13.3. The lowest BCUT2D eigenvalue weighted by atomic mass is 10.0. The number of aromatic nitrogens is 1. The first kappa shape index (κ1) is 24.9. The van der Waals surface area contributed by atoms with E-state index in [0.717, 1.165) is 56.2 Å². The van der Waals surface area contributed by atoms with Crippen LogP contribution in [0, 0.1) is 0 Å². The summed E-state index contributed by atoms with van der Waals surface area (Å²) in [4.78, 5) is 10.0. The zero-order valence-corrected chi connectivity index (χ0v) is 20.0. The van der Waals surface area contributed by atoms with Crippen LogP contribution in [0.15, 0.2) is 41.8 Å². The fraction of sp³-hybridized carbons (Fsp3) is 0.435. The molecule has 4 rings (SSSR count). The quantitative estimate of drug-likeness (QED) is 0.536. The van der Waals surface area contributed by atoms with Crippen LogP contribution in [0.4, 0.5) is 5.82 Å². The Morgan fingerprint density at radius 2 is 1.73 bits per heavy atom. The van der Waals surface area contributed by atoms with Gasteiger partial charge in [-0.15, -0.1) is 36.2 Å². The van der Waals surface area contributed by atoms with Gasteiger partial charge in [0, 0.05) is 31.7 Å². The van der Waals surface area contributed by atoms with Crippen molar-refractivity contribution in [3.05, 3.63) is 47.3 Å². The predicted octanol–water partition coefficient (Wildman–Crippen LogP) is 5.26. The summed E-state index contributed by atoms with van der Waals surface area (Å²) in [7, 11) is 0. The normalized spacial score (nSPS) is 15.5. The second-order valence-electron chi connectivity index (χ2n) is 7.55. The van der Waals surface area contributed by atoms with Crippen LogP contribution in [0.25, 0.3) is 21.3 Å². The highest BCUT2D eigenvalue weighted by molar-refractivity contribution is 7.17. The van der Waals surface area contributed by atoms with Gasteiger partial charge in [0.25, 0.3) is 0 Å². The Bertz CT molecular complexity index is 924. The number of anilines is 1. The molecule has 1 aliphatic heterocycles. The van der Waals surface area contributed by atoms with Crippen molar-refractivity contribution >= 4 is 52.1 Å². The molecule has 30 heavy (non-hydrogen) atoms. The van der Waals surface area contributed by atoms with Crippen LogP contribution in [0.2, 0.25) is 0 Å². The molecule has 1 aromatic carbocycles. The van der Waals surface area contributed by atoms with Gasteiger partial charge in [0.2, 0.25) is 0 Å². The third kappa shape index (κ3) is 5.45. The van der Waals surface area contributed by atoms with Gasteiger partial charge in [-0.2, -0.15) is 0 Å². The molecule has 0 spiro atoms. The number of halogens is 2. The van der Waals surface area contributed by atoms with Gasteiger partial charge in [-0.1, -0.05) is 38.1 Å². The van der Waals surface area contributed by atoms with Crippen LogP contribution in [0.1, 0.15) is 25.8 Å². The van der Waals surface area contributed by atoms with Crippen molar-refractivity contribution in [2.24, 2.45) is 0 Å². The Balaban J connectivity index is 0.00000160. The molecular formula is C23H31Cl2N3OS. The maximum Gasteiger partial charge on any atom is 0.147 e. The van der Waals surface area contributed by atoms with Crippen molar-refractivity contribution in [3.63, 3.8) is 0 Å². The van der Waals surface area contributed by atoms with Crippen LogP contribution in [-0.2, 0) is 6.42 Å². The van der Waals surface area contributed by atoms with Gasteiger partial charge in [0.1, 0.15) is 5.82 Å². The van der Waals surface area contributed by atoms with Crippen molar-refractivity contribution in [2.45, 2.75) is 32.8 Å².